The van der Waals surface area contributed by atoms with Crippen molar-refractivity contribution >= 4 is 12.6 Å². The Balaban J connectivity index is 2.35. The minimum Gasteiger partial charge on any atom is -0.493 e. The molecule has 0 spiro atoms. The summed E-state index contributed by atoms with van der Waals surface area (Å²) in [4.78, 5) is 0. The third kappa shape index (κ3) is 6.07. The van der Waals surface area contributed by atoms with Crippen LogP contribution in [0.1, 0.15) is 20.3 Å². The maximum Gasteiger partial charge on any atom is 0.488 e. The largest absolute Gasteiger partial charge is 0.493 e. The SMILES string of the molecule is CCOC(CCOc1ccc(B(O)O)cc1)OCC. The highest BCUT2D eigenvalue weighted by atomic mass is 16.7. The van der Waals surface area contributed by atoms with Gasteiger partial charge in [0.25, 0.3) is 0 Å². The first-order valence-electron chi connectivity index (χ1n) is 6.49. The third-order valence-electron chi connectivity index (χ3n) is 2.51. The van der Waals surface area contributed by atoms with E-state index in [0.29, 0.717) is 37.5 Å². The highest BCUT2D eigenvalue weighted by Gasteiger charge is 2.11. The summed E-state index contributed by atoms with van der Waals surface area (Å²) in [6.45, 7) is 5.53. The zero-order valence-electron chi connectivity index (χ0n) is 11.4. The molecule has 0 saturated carbocycles. The first-order chi connectivity index (χ1) is 9.17. The summed E-state index contributed by atoms with van der Waals surface area (Å²) in [7, 11) is -1.45. The molecule has 0 radical (unpaired) electrons. The second-order valence-corrected chi connectivity index (χ2v) is 3.92. The molecule has 0 unspecified atom stereocenters. The van der Waals surface area contributed by atoms with Crippen molar-refractivity contribution in [3.8, 4) is 5.75 Å². The number of hydrogen-bond acceptors (Lipinski definition) is 5. The van der Waals surface area contributed by atoms with E-state index in [4.69, 9.17) is 24.3 Å². The molecule has 19 heavy (non-hydrogen) atoms. The smallest absolute Gasteiger partial charge is 0.488 e. The maximum atomic E-state index is 8.96. The Kier molecular flexibility index (Phi) is 7.51. The molecule has 6 heteroatoms. The fourth-order valence-corrected chi connectivity index (χ4v) is 1.60. The van der Waals surface area contributed by atoms with Gasteiger partial charge in [-0.2, -0.15) is 0 Å². The molecule has 0 fully saturated rings. The molecular weight excluding hydrogens is 247 g/mol. The average Bonchev–Trinajstić information content (AvgIpc) is 2.40. The molecule has 106 valence electrons. The van der Waals surface area contributed by atoms with Crippen molar-refractivity contribution in [1.82, 2.24) is 0 Å². The fraction of sp³-hybridized carbons (Fsp3) is 0.538. The van der Waals surface area contributed by atoms with Gasteiger partial charge in [0.1, 0.15) is 5.75 Å². The van der Waals surface area contributed by atoms with Crippen molar-refractivity contribution in [1.29, 1.82) is 0 Å². The molecule has 1 aromatic rings. The zero-order valence-corrected chi connectivity index (χ0v) is 11.4. The number of rotatable bonds is 9. The summed E-state index contributed by atoms with van der Waals surface area (Å²) < 4.78 is 16.3. The highest BCUT2D eigenvalue weighted by Crippen LogP contribution is 2.09. The average molecular weight is 268 g/mol. The van der Waals surface area contributed by atoms with Crippen LogP contribution in [0.15, 0.2) is 24.3 Å². The van der Waals surface area contributed by atoms with Crippen molar-refractivity contribution in [2.45, 2.75) is 26.6 Å². The Labute approximate surface area is 114 Å². The summed E-state index contributed by atoms with van der Waals surface area (Å²) in [6, 6.07) is 6.63. The van der Waals surface area contributed by atoms with Gasteiger partial charge in [-0.25, -0.2) is 0 Å². The monoisotopic (exact) mass is 268 g/mol. The predicted molar refractivity (Wildman–Crippen MR) is 73.4 cm³/mol. The van der Waals surface area contributed by atoms with Gasteiger partial charge < -0.3 is 24.3 Å². The number of hydrogen-bond donors (Lipinski definition) is 2. The van der Waals surface area contributed by atoms with Crippen molar-refractivity contribution in [3.63, 3.8) is 0 Å². The van der Waals surface area contributed by atoms with Gasteiger partial charge in [0.2, 0.25) is 0 Å². The summed E-state index contributed by atoms with van der Waals surface area (Å²) in [6.07, 6.45) is 0.403. The minimum atomic E-state index is -1.45. The van der Waals surface area contributed by atoms with Crippen LogP contribution in [0.4, 0.5) is 0 Å². The van der Waals surface area contributed by atoms with Crippen LogP contribution in [-0.4, -0.2) is 43.3 Å². The van der Waals surface area contributed by atoms with Gasteiger partial charge in [0, 0.05) is 19.6 Å². The molecule has 0 heterocycles. The van der Waals surface area contributed by atoms with E-state index in [1.54, 1.807) is 24.3 Å². The molecular formula is C13H21BO5. The molecule has 2 N–H and O–H groups in total. The zero-order chi connectivity index (χ0) is 14.1. The summed E-state index contributed by atoms with van der Waals surface area (Å²) in [5.41, 5.74) is 0.439. The van der Waals surface area contributed by atoms with Gasteiger partial charge in [0.05, 0.1) is 6.61 Å². The van der Waals surface area contributed by atoms with Crippen LogP contribution >= 0.6 is 0 Å². The predicted octanol–water partition coefficient (Wildman–Crippen LogP) is 0.534. The summed E-state index contributed by atoms with van der Waals surface area (Å²) >= 11 is 0. The first kappa shape index (κ1) is 16.0. The van der Waals surface area contributed by atoms with E-state index in [9.17, 15) is 0 Å². The molecule has 1 rings (SSSR count). The van der Waals surface area contributed by atoms with Crippen molar-refractivity contribution < 1.29 is 24.3 Å². The van der Waals surface area contributed by atoms with Gasteiger partial charge in [-0.05, 0) is 31.4 Å². The van der Waals surface area contributed by atoms with Gasteiger partial charge >= 0.3 is 7.12 Å². The van der Waals surface area contributed by atoms with Gasteiger partial charge in [-0.15, -0.1) is 0 Å². The molecule has 0 aliphatic rings. The standard InChI is InChI=1S/C13H21BO5/c1-3-17-13(18-4-2)9-10-19-12-7-5-11(6-8-12)14(15)16/h5-8,13,15-16H,3-4,9-10H2,1-2H3. The molecule has 1 aromatic carbocycles. The molecule has 0 amide bonds. The van der Waals surface area contributed by atoms with Crippen LogP contribution in [0.25, 0.3) is 0 Å². The number of ether oxygens (including phenoxy) is 3. The second-order valence-electron chi connectivity index (χ2n) is 3.92. The summed E-state index contributed by atoms with van der Waals surface area (Å²) in [5.74, 6) is 0.677. The quantitative estimate of drug-likeness (QED) is 0.505. The first-order valence-corrected chi connectivity index (χ1v) is 6.49. The summed E-state index contributed by atoms with van der Waals surface area (Å²) in [5, 5.41) is 17.9. The van der Waals surface area contributed by atoms with Crippen molar-refractivity contribution in [2.24, 2.45) is 0 Å². The van der Waals surface area contributed by atoms with Crippen LogP contribution in [0.2, 0.25) is 0 Å². The Morgan fingerprint density at radius 1 is 1.05 bits per heavy atom. The van der Waals surface area contributed by atoms with E-state index < -0.39 is 7.12 Å². The van der Waals surface area contributed by atoms with E-state index in [0.717, 1.165) is 0 Å². The van der Waals surface area contributed by atoms with Crippen LogP contribution in [0.5, 0.6) is 5.75 Å². The van der Waals surface area contributed by atoms with E-state index in [-0.39, 0.29) is 6.29 Å². The van der Waals surface area contributed by atoms with E-state index in [1.165, 1.54) is 0 Å². The topological polar surface area (TPSA) is 68.2 Å². The number of benzene rings is 1. The van der Waals surface area contributed by atoms with Crippen LogP contribution in [-0.2, 0) is 9.47 Å². The molecule has 0 aliphatic heterocycles. The molecule has 0 aromatic heterocycles. The Bertz CT molecular complexity index is 335. The molecule has 0 aliphatic carbocycles. The van der Waals surface area contributed by atoms with E-state index in [2.05, 4.69) is 0 Å². The Hall–Kier alpha value is -1.08. The van der Waals surface area contributed by atoms with E-state index in [1.807, 2.05) is 13.8 Å². The Morgan fingerprint density at radius 2 is 1.63 bits per heavy atom. The lowest BCUT2D eigenvalue weighted by molar-refractivity contribution is -0.142. The van der Waals surface area contributed by atoms with Crippen LogP contribution in [0, 0.1) is 0 Å². The third-order valence-corrected chi connectivity index (χ3v) is 2.51. The minimum absolute atomic E-state index is 0.242. The molecule has 0 saturated heterocycles. The highest BCUT2D eigenvalue weighted by molar-refractivity contribution is 6.58. The van der Waals surface area contributed by atoms with Crippen molar-refractivity contribution in [2.75, 3.05) is 19.8 Å². The molecule has 0 bridgehead atoms. The molecule has 0 atom stereocenters. The Morgan fingerprint density at radius 3 is 2.11 bits per heavy atom. The maximum absolute atomic E-state index is 8.96. The lowest BCUT2D eigenvalue weighted by Crippen LogP contribution is -2.29. The lowest BCUT2D eigenvalue weighted by Gasteiger charge is -2.17. The van der Waals surface area contributed by atoms with E-state index >= 15 is 0 Å². The van der Waals surface area contributed by atoms with Gasteiger partial charge in [0.15, 0.2) is 6.29 Å². The fourth-order valence-electron chi connectivity index (χ4n) is 1.60. The van der Waals surface area contributed by atoms with Crippen LogP contribution in [0.3, 0.4) is 0 Å². The van der Waals surface area contributed by atoms with Gasteiger partial charge in [-0.1, -0.05) is 12.1 Å². The molecule has 5 nitrogen and oxygen atoms in total. The second kappa shape index (κ2) is 8.93. The normalized spacial score (nSPS) is 10.8. The van der Waals surface area contributed by atoms with Gasteiger partial charge in [-0.3, -0.25) is 0 Å². The lowest BCUT2D eigenvalue weighted by atomic mass is 9.80. The van der Waals surface area contributed by atoms with Crippen LogP contribution < -0.4 is 10.2 Å². The van der Waals surface area contributed by atoms with Crippen molar-refractivity contribution in [3.05, 3.63) is 24.3 Å².